The first-order valence-electron chi connectivity index (χ1n) is 4.03. The van der Waals surface area contributed by atoms with E-state index in [-0.39, 0.29) is 0 Å². The Morgan fingerprint density at radius 2 is 2.31 bits per heavy atom. The molecule has 0 aliphatic rings. The van der Waals surface area contributed by atoms with Gasteiger partial charge in [-0.15, -0.1) is 0 Å². The molecule has 2 heterocycles. The Kier molecular flexibility index (Phi) is 2.06. The predicted octanol–water partition coefficient (Wildman–Crippen LogP) is 0.726. The van der Waals surface area contributed by atoms with E-state index >= 15 is 0 Å². The minimum atomic E-state index is 0.461. The van der Waals surface area contributed by atoms with Gasteiger partial charge < -0.3 is 10.3 Å². The van der Waals surface area contributed by atoms with Crippen LogP contribution in [0.5, 0.6) is 0 Å². The molecule has 2 rings (SSSR count). The molecule has 4 heteroatoms. The minimum Gasteiger partial charge on any atom is -0.325 e. The average Bonchev–Trinajstić information content (AvgIpc) is 2.71. The zero-order valence-corrected chi connectivity index (χ0v) is 7.09. The highest BCUT2D eigenvalue weighted by atomic mass is 15.0. The standard InChI is InChI=1S/C9H10N4/c10-6-8-5-9(1-2-12-8)13-4-3-11-7-13/h1-5,7H,6,10H2. The lowest BCUT2D eigenvalue weighted by molar-refractivity contribution is 0.965. The third-order valence-electron chi connectivity index (χ3n) is 1.81. The van der Waals surface area contributed by atoms with Crippen LogP contribution in [0.25, 0.3) is 5.69 Å². The fraction of sp³-hybridized carbons (Fsp3) is 0.111. The van der Waals surface area contributed by atoms with Gasteiger partial charge >= 0.3 is 0 Å². The Morgan fingerprint density at radius 1 is 1.38 bits per heavy atom. The lowest BCUT2D eigenvalue weighted by Crippen LogP contribution is -2.00. The number of rotatable bonds is 2. The first-order valence-corrected chi connectivity index (χ1v) is 4.03. The summed E-state index contributed by atoms with van der Waals surface area (Å²) in [6.07, 6.45) is 7.12. The van der Waals surface area contributed by atoms with Crippen LogP contribution in [0.1, 0.15) is 5.69 Å². The van der Waals surface area contributed by atoms with E-state index in [1.807, 2.05) is 22.9 Å². The molecule has 2 N–H and O–H groups in total. The van der Waals surface area contributed by atoms with Crippen LogP contribution in [0.15, 0.2) is 37.1 Å². The second-order valence-electron chi connectivity index (χ2n) is 2.68. The van der Waals surface area contributed by atoms with Gasteiger partial charge in [0.1, 0.15) is 0 Å². The van der Waals surface area contributed by atoms with Crippen LogP contribution in [-0.4, -0.2) is 14.5 Å². The maximum atomic E-state index is 5.48. The Bertz CT molecular complexity index is 380. The molecule has 0 saturated heterocycles. The Balaban J connectivity index is 2.41. The topological polar surface area (TPSA) is 56.7 Å². The van der Waals surface area contributed by atoms with Gasteiger partial charge in [0.2, 0.25) is 0 Å². The normalized spacial score (nSPS) is 10.2. The highest BCUT2D eigenvalue weighted by molar-refractivity contribution is 5.31. The van der Waals surface area contributed by atoms with Gasteiger partial charge in [-0.25, -0.2) is 4.98 Å². The van der Waals surface area contributed by atoms with E-state index in [4.69, 9.17) is 5.73 Å². The first kappa shape index (κ1) is 7.94. The Labute approximate surface area is 76.1 Å². The summed E-state index contributed by atoms with van der Waals surface area (Å²) >= 11 is 0. The van der Waals surface area contributed by atoms with Gasteiger partial charge in [0, 0.05) is 30.8 Å². The fourth-order valence-electron chi connectivity index (χ4n) is 1.15. The van der Waals surface area contributed by atoms with E-state index in [0.717, 1.165) is 11.4 Å². The van der Waals surface area contributed by atoms with Gasteiger partial charge in [-0.3, -0.25) is 4.98 Å². The first-order chi connectivity index (χ1) is 6.40. The van der Waals surface area contributed by atoms with Crippen LogP contribution in [0.4, 0.5) is 0 Å². The zero-order chi connectivity index (χ0) is 9.10. The quantitative estimate of drug-likeness (QED) is 0.730. The molecule has 66 valence electrons. The summed E-state index contributed by atoms with van der Waals surface area (Å²) < 4.78 is 1.92. The van der Waals surface area contributed by atoms with Crippen molar-refractivity contribution in [2.75, 3.05) is 0 Å². The number of hydrogen-bond acceptors (Lipinski definition) is 3. The third-order valence-corrected chi connectivity index (χ3v) is 1.81. The summed E-state index contributed by atoms with van der Waals surface area (Å²) in [4.78, 5) is 8.07. The van der Waals surface area contributed by atoms with Crippen LogP contribution in [0, 0.1) is 0 Å². The molecule has 2 aromatic heterocycles. The molecule has 0 aliphatic heterocycles. The molecule has 0 unspecified atom stereocenters. The molecule has 0 amide bonds. The van der Waals surface area contributed by atoms with Crippen molar-refractivity contribution in [3.8, 4) is 5.69 Å². The number of nitrogens with zero attached hydrogens (tertiary/aromatic N) is 3. The molecular formula is C9H10N4. The molecule has 0 aliphatic carbocycles. The predicted molar refractivity (Wildman–Crippen MR) is 49.3 cm³/mol. The maximum Gasteiger partial charge on any atom is 0.0991 e. The summed E-state index contributed by atoms with van der Waals surface area (Å²) in [5, 5.41) is 0. The molecule has 0 aromatic carbocycles. The average molecular weight is 174 g/mol. The minimum absolute atomic E-state index is 0.461. The maximum absolute atomic E-state index is 5.48. The van der Waals surface area contributed by atoms with Gasteiger partial charge in [0.15, 0.2) is 0 Å². The Morgan fingerprint density at radius 3 is 3.00 bits per heavy atom. The van der Waals surface area contributed by atoms with E-state index < -0.39 is 0 Å². The second kappa shape index (κ2) is 3.37. The molecular weight excluding hydrogens is 164 g/mol. The van der Waals surface area contributed by atoms with Crippen molar-refractivity contribution in [2.24, 2.45) is 5.73 Å². The molecule has 2 aromatic rings. The van der Waals surface area contributed by atoms with Crippen molar-refractivity contribution >= 4 is 0 Å². The zero-order valence-electron chi connectivity index (χ0n) is 7.09. The molecule has 0 fully saturated rings. The van der Waals surface area contributed by atoms with Crippen molar-refractivity contribution in [1.82, 2.24) is 14.5 Å². The van der Waals surface area contributed by atoms with Gasteiger partial charge in [-0.05, 0) is 12.1 Å². The van der Waals surface area contributed by atoms with E-state index in [0.29, 0.717) is 6.54 Å². The van der Waals surface area contributed by atoms with E-state index in [9.17, 15) is 0 Å². The summed E-state index contributed by atoms with van der Waals surface area (Å²) in [5.74, 6) is 0. The summed E-state index contributed by atoms with van der Waals surface area (Å²) in [7, 11) is 0. The number of hydrogen-bond donors (Lipinski definition) is 1. The largest absolute Gasteiger partial charge is 0.325 e. The van der Waals surface area contributed by atoms with Crippen molar-refractivity contribution in [3.05, 3.63) is 42.7 Å². The van der Waals surface area contributed by atoms with Gasteiger partial charge in [0.25, 0.3) is 0 Å². The summed E-state index contributed by atoms with van der Waals surface area (Å²) in [6, 6.07) is 3.86. The van der Waals surface area contributed by atoms with Crippen LogP contribution in [0.2, 0.25) is 0 Å². The lowest BCUT2D eigenvalue weighted by Gasteiger charge is -2.02. The molecule has 0 radical (unpaired) electrons. The Hall–Kier alpha value is -1.68. The second-order valence-corrected chi connectivity index (χ2v) is 2.68. The molecule has 0 saturated carbocycles. The highest BCUT2D eigenvalue weighted by Crippen LogP contribution is 2.06. The van der Waals surface area contributed by atoms with Crippen LogP contribution >= 0.6 is 0 Å². The smallest absolute Gasteiger partial charge is 0.0991 e. The number of pyridine rings is 1. The lowest BCUT2D eigenvalue weighted by atomic mass is 10.3. The highest BCUT2D eigenvalue weighted by Gasteiger charge is 1.96. The van der Waals surface area contributed by atoms with Gasteiger partial charge in [-0.1, -0.05) is 0 Å². The van der Waals surface area contributed by atoms with Crippen molar-refractivity contribution in [3.63, 3.8) is 0 Å². The van der Waals surface area contributed by atoms with E-state index in [1.165, 1.54) is 0 Å². The molecule has 0 bridgehead atoms. The van der Waals surface area contributed by atoms with Crippen LogP contribution in [0.3, 0.4) is 0 Å². The van der Waals surface area contributed by atoms with Crippen LogP contribution in [-0.2, 0) is 6.54 Å². The SMILES string of the molecule is NCc1cc(-n2ccnc2)ccn1. The number of imidazole rings is 1. The molecule has 0 spiro atoms. The van der Waals surface area contributed by atoms with Gasteiger partial charge in [0.05, 0.1) is 12.0 Å². The van der Waals surface area contributed by atoms with Crippen molar-refractivity contribution in [1.29, 1.82) is 0 Å². The molecule has 0 atom stereocenters. The summed E-state index contributed by atoms with van der Waals surface area (Å²) in [5.41, 5.74) is 7.40. The summed E-state index contributed by atoms with van der Waals surface area (Å²) in [6.45, 7) is 0.461. The van der Waals surface area contributed by atoms with Gasteiger partial charge in [-0.2, -0.15) is 0 Å². The number of aromatic nitrogens is 3. The van der Waals surface area contributed by atoms with E-state index in [2.05, 4.69) is 9.97 Å². The fourth-order valence-corrected chi connectivity index (χ4v) is 1.15. The van der Waals surface area contributed by atoms with Crippen LogP contribution < -0.4 is 5.73 Å². The van der Waals surface area contributed by atoms with Crippen molar-refractivity contribution < 1.29 is 0 Å². The molecule has 13 heavy (non-hydrogen) atoms. The van der Waals surface area contributed by atoms with Crippen molar-refractivity contribution in [2.45, 2.75) is 6.54 Å². The monoisotopic (exact) mass is 174 g/mol. The van der Waals surface area contributed by atoms with E-state index in [1.54, 1.807) is 18.7 Å². The third kappa shape index (κ3) is 1.57. The number of nitrogens with two attached hydrogens (primary N) is 1. The molecule has 4 nitrogen and oxygen atoms in total.